The molecule has 0 amide bonds. The molecule has 0 bridgehead atoms. The van der Waals surface area contributed by atoms with Crippen LogP contribution in [0.4, 0.5) is 0 Å². The number of carbonyl (C=O) groups is 3. The lowest BCUT2D eigenvalue weighted by atomic mass is 10.1. The van der Waals surface area contributed by atoms with Gasteiger partial charge in [-0.3, -0.25) is 14.4 Å². The summed E-state index contributed by atoms with van der Waals surface area (Å²) in [5, 5.41) is 0. The van der Waals surface area contributed by atoms with Gasteiger partial charge in [-0.25, -0.2) is 0 Å². The van der Waals surface area contributed by atoms with Crippen LogP contribution in [0.25, 0.3) is 0 Å². The summed E-state index contributed by atoms with van der Waals surface area (Å²) in [5.41, 5.74) is 0. The maximum Gasteiger partial charge on any atom is 0.306 e. The van der Waals surface area contributed by atoms with Crippen LogP contribution in [0.2, 0.25) is 0 Å². The minimum absolute atomic E-state index is 0.106. The molecule has 0 rings (SSSR count). The molecule has 0 aliphatic rings. The van der Waals surface area contributed by atoms with Gasteiger partial charge in [0.25, 0.3) is 0 Å². The Morgan fingerprint density at radius 1 is 0.404 bits per heavy atom. The Balaban J connectivity index is 4.41. The molecule has 0 fully saturated rings. The third kappa shape index (κ3) is 38.3. The minimum Gasteiger partial charge on any atom is -0.462 e. The summed E-state index contributed by atoms with van der Waals surface area (Å²) in [6.45, 7) is 6.36. The third-order valence-electron chi connectivity index (χ3n) is 8.77. The van der Waals surface area contributed by atoms with Gasteiger partial charge in [0.05, 0.1) is 0 Å². The summed E-state index contributed by atoms with van der Waals surface area (Å²) in [5.74, 6) is -1.01. The number of esters is 3. The zero-order valence-electron chi connectivity index (χ0n) is 33.8. The first-order valence-corrected chi connectivity index (χ1v) is 21.3. The van der Waals surface area contributed by atoms with Crippen molar-refractivity contribution in [1.82, 2.24) is 0 Å². The van der Waals surface area contributed by atoms with Gasteiger partial charge in [0, 0.05) is 19.3 Å². The van der Waals surface area contributed by atoms with E-state index in [2.05, 4.69) is 69.4 Å². The second kappa shape index (κ2) is 40.9. The Morgan fingerprint density at radius 2 is 0.788 bits per heavy atom. The van der Waals surface area contributed by atoms with E-state index in [-0.39, 0.29) is 31.6 Å². The molecule has 52 heavy (non-hydrogen) atoms. The van der Waals surface area contributed by atoms with E-state index in [1.165, 1.54) is 77.0 Å². The fraction of sp³-hybridized carbons (Fsp3) is 0.717. The van der Waals surface area contributed by atoms with E-state index in [9.17, 15) is 14.4 Å². The molecule has 298 valence electrons. The molecule has 6 heteroatoms. The van der Waals surface area contributed by atoms with E-state index in [0.29, 0.717) is 19.3 Å². The fourth-order valence-corrected chi connectivity index (χ4v) is 5.57. The highest BCUT2D eigenvalue weighted by Gasteiger charge is 2.19. The van der Waals surface area contributed by atoms with E-state index in [1.807, 2.05) is 12.2 Å². The standard InChI is InChI=1S/C46H78O6/c1-4-7-10-13-16-18-20-22-23-25-26-28-30-33-36-39-45(48)51-42-43(41-50-44(47)38-35-32-15-12-9-6-3)52-46(49)40-37-34-31-29-27-24-21-19-17-14-11-8-5-2/h8,11,17,19,22-24,27,31,34,43H,4-7,9-10,12-16,18,20-21,25-26,28-30,32-33,35-42H2,1-3H3/b11-8-,19-17-,23-22-,27-24-,34-31-. The molecule has 0 saturated carbocycles. The van der Waals surface area contributed by atoms with Crippen molar-refractivity contribution in [3.63, 3.8) is 0 Å². The fourth-order valence-electron chi connectivity index (χ4n) is 5.57. The first kappa shape index (κ1) is 49.1. The van der Waals surface area contributed by atoms with Crippen LogP contribution in [-0.2, 0) is 28.6 Å². The second-order valence-corrected chi connectivity index (χ2v) is 13.9. The molecule has 0 aromatic rings. The van der Waals surface area contributed by atoms with Crippen LogP contribution in [0.5, 0.6) is 0 Å². The van der Waals surface area contributed by atoms with Gasteiger partial charge < -0.3 is 14.2 Å². The largest absolute Gasteiger partial charge is 0.462 e. The van der Waals surface area contributed by atoms with Crippen LogP contribution in [0.3, 0.4) is 0 Å². The van der Waals surface area contributed by atoms with Gasteiger partial charge in [0.15, 0.2) is 6.10 Å². The molecule has 0 spiro atoms. The zero-order chi connectivity index (χ0) is 38.0. The lowest BCUT2D eigenvalue weighted by molar-refractivity contribution is -0.166. The number of carbonyl (C=O) groups excluding carboxylic acids is 3. The number of rotatable bonds is 37. The summed E-state index contributed by atoms with van der Waals surface area (Å²) in [4.78, 5) is 37.4. The first-order valence-electron chi connectivity index (χ1n) is 21.3. The van der Waals surface area contributed by atoms with Gasteiger partial charge in [-0.2, -0.15) is 0 Å². The quantitative estimate of drug-likeness (QED) is 0.0274. The number of hydrogen-bond donors (Lipinski definition) is 0. The highest BCUT2D eigenvalue weighted by molar-refractivity contribution is 5.71. The summed E-state index contributed by atoms with van der Waals surface area (Å²) >= 11 is 0. The van der Waals surface area contributed by atoms with E-state index in [1.54, 1.807) is 0 Å². The molecule has 0 aromatic carbocycles. The van der Waals surface area contributed by atoms with Crippen molar-refractivity contribution >= 4 is 17.9 Å². The third-order valence-corrected chi connectivity index (χ3v) is 8.77. The van der Waals surface area contributed by atoms with Crippen molar-refractivity contribution in [2.24, 2.45) is 0 Å². The Hall–Kier alpha value is -2.89. The molecule has 0 N–H and O–H groups in total. The molecule has 6 nitrogen and oxygen atoms in total. The lowest BCUT2D eigenvalue weighted by Gasteiger charge is -2.18. The molecule has 0 heterocycles. The Bertz CT molecular complexity index is 975. The summed E-state index contributed by atoms with van der Waals surface area (Å²) in [6, 6.07) is 0. The molecule has 0 aromatic heterocycles. The van der Waals surface area contributed by atoms with Crippen LogP contribution in [-0.4, -0.2) is 37.2 Å². The van der Waals surface area contributed by atoms with Crippen LogP contribution in [0, 0.1) is 0 Å². The van der Waals surface area contributed by atoms with Crippen molar-refractivity contribution < 1.29 is 28.6 Å². The Labute approximate surface area is 320 Å². The van der Waals surface area contributed by atoms with Gasteiger partial charge in [-0.05, 0) is 70.6 Å². The monoisotopic (exact) mass is 727 g/mol. The molecular formula is C46H78O6. The predicted molar refractivity (Wildman–Crippen MR) is 219 cm³/mol. The lowest BCUT2D eigenvalue weighted by Crippen LogP contribution is -2.30. The highest BCUT2D eigenvalue weighted by Crippen LogP contribution is 2.12. The molecule has 0 radical (unpaired) electrons. The van der Waals surface area contributed by atoms with Gasteiger partial charge in [0.1, 0.15) is 13.2 Å². The average molecular weight is 727 g/mol. The number of ether oxygens (including phenoxy) is 3. The summed E-state index contributed by atoms with van der Waals surface area (Å²) in [7, 11) is 0. The molecule has 0 saturated heterocycles. The van der Waals surface area contributed by atoms with Crippen molar-refractivity contribution in [2.75, 3.05) is 13.2 Å². The van der Waals surface area contributed by atoms with E-state index >= 15 is 0 Å². The van der Waals surface area contributed by atoms with E-state index < -0.39 is 12.1 Å². The molecule has 0 aliphatic carbocycles. The smallest absolute Gasteiger partial charge is 0.306 e. The van der Waals surface area contributed by atoms with E-state index in [4.69, 9.17) is 14.2 Å². The SMILES string of the molecule is CC/C=C\C/C=C\C/C=C\C/C=C\CCC(=O)OC(COC(=O)CCCCCCCC)COC(=O)CCCCCCC/C=C\CCCCCCCC. The molecule has 1 atom stereocenters. The topological polar surface area (TPSA) is 78.9 Å². The molecule has 0 aliphatic heterocycles. The highest BCUT2D eigenvalue weighted by atomic mass is 16.6. The van der Waals surface area contributed by atoms with Gasteiger partial charge in [-0.15, -0.1) is 0 Å². The van der Waals surface area contributed by atoms with Crippen molar-refractivity contribution in [2.45, 2.75) is 200 Å². The van der Waals surface area contributed by atoms with Crippen LogP contribution >= 0.6 is 0 Å². The van der Waals surface area contributed by atoms with Crippen molar-refractivity contribution in [3.05, 3.63) is 60.8 Å². The van der Waals surface area contributed by atoms with Gasteiger partial charge in [0.2, 0.25) is 0 Å². The Kier molecular flexibility index (Phi) is 38.6. The minimum atomic E-state index is -0.809. The van der Waals surface area contributed by atoms with E-state index in [0.717, 1.165) is 70.6 Å². The molecule has 1 unspecified atom stereocenters. The molecular weight excluding hydrogens is 648 g/mol. The maximum absolute atomic E-state index is 12.6. The number of hydrogen-bond acceptors (Lipinski definition) is 6. The second-order valence-electron chi connectivity index (χ2n) is 13.9. The number of allylic oxidation sites excluding steroid dienone is 10. The van der Waals surface area contributed by atoms with Gasteiger partial charge >= 0.3 is 17.9 Å². The zero-order valence-corrected chi connectivity index (χ0v) is 33.8. The maximum atomic E-state index is 12.6. The summed E-state index contributed by atoms with van der Waals surface area (Å²) in [6.07, 6.45) is 48.1. The van der Waals surface area contributed by atoms with Crippen molar-refractivity contribution in [3.8, 4) is 0 Å². The summed E-state index contributed by atoms with van der Waals surface area (Å²) < 4.78 is 16.5. The van der Waals surface area contributed by atoms with Crippen LogP contribution in [0.15, 0.2) is 60.8 Å². The van der Waals surface area contributed by atoms with Crippen LogP contribution in [0.1, 0.15) is 194 Å². The number of unbranched alkanes of at least 4 members (excludes halogenated alkanes) is 16. The van der Waals surface area contributed by atoms with Crippen LogP contribution < -0.4 is 0 Å². The van der Waals surface area contributed by atoms with Gasteiger partial charge in [-0.1, -0.05) is 165 Å². The average Bonchev–Trinajstić information content (AvgIpc) is 3.14. The normalized spacial score (nSPS) is 12.6. The Morgan fingerprint density at radius 3 is 1.25 bits per heavy atom. The van der Waals surface area contributed by atoms with Crippen molar-refractivity contribution in [1.29, 1.82) is 0 Å². The first-order chi connectivity index (χ1) is 25.5. The predicted octanol–water partition coefficient (Wildman–Crippen LogP) is 13.4.